The number of Topliss-reactive ketones (excluding diaryl/α,β-unsaturated/α-hetero) is 1. The Hall–Kier alpha value is -1.29. The first-order chi connectivity index (χ1) is 8.31. The van der Waals surface area contributed by atoms with Crippen molar-refractivity contribution in [2.75, 3.05) is 5.88 Å². The number of alkyl halides is 1. The molecular formula is C13H19ClN2O2. The van der Waals surface area contributed by atoms with Crippen molar-refractivity contribution in [1.82, 2.24) is 4.57 Å². The van der Waals surface area contributed by atoms with Crippen LogP contribution in [0.1, 0.15) is 41.6 Å². The Morgan fingerprint density at radius 3 is 2.33 bits per heavy atom. The van der Waals surface area contributed by atoms with Crippen molar-refractivity contribution in [2.45, 2.75) is 33.7 Å². The lowest BCUT2D eigenvalue weighted by atomic mass is 10.0. The average Bonchev–Trinajstić information content (AvgIpc) is 2.55. The molecule has 5 heteroatoms. The summed E-state index contributed by atoms with van der Waals surface area (Å²) < 4.78 is 1.83. The van der Waals surface area contributed by atoms with Crippen LogP contribution in [0, 0.1) is 19.8 Å². The van der Waals surface area contributed by atoms with Crippen LogP contribution in [0.25, 0.3) is 0 Å². The van der Waals surface area contributed by atoms with Crippen molar-refractivity contribution < 1.29 is 9.59 Å². The molecule has 0 aliphatic carbocycles. The maximum atomic E-state index is 11.7. The third-order valence-corrected chi connectivity index (χ3v) is 3.35. The zero-order valence-electron chi connectivity index (χ0n) is 11.2. The summed E-state index contributed by atoms with van der Waals surface area (Å²) in [6, 6.07) is 1.32. The predicted octanol–water partition coefficient (Wildman–Crippen LogP) is 2.21. The normalized spacial score (nSPS) is 12.8. The topological polar surface area (TPSA) is 65.1 Å². The van der Waals surface area contributed by atoms with Gasteiger partial charge in [-0.25, -0.2) is 0 Å². The van der Waals surface area contributed by atoms with E-state index in [1.165, 1.54) is 0 Å². The summed E-state index contributed by atoms with van der Waals surface area (Å²) in [6.07, 6.45) is 0. The van der Waals surface area contributed by atoms with E-state index in [0.29, 0.717) is 5.56 Å². The Bertz CT molecular complexity index is 478. The molecule has 0 radical (unpaired) electrons. The first kappa shape index (κ1) is 14.8. The van der Waals surface area contributed by atoms with E-state index >= 15 is 0 Å². The maximum Gasteiger partial charge on any atom is 0.240 e. The molecule has 0 spiro atoms. The number of hydrogen-bond donors (Lipinski definition) is 1. The molecule has 0 bridgehead atoms. The monoisotopic (exact) mass is 270 g/mol. The standard InChI is InChI=1S/C13H19ClN2O2/c1-7(2)12(13(15)18)16-8(3)5-10(9(16)4)11(17)6-14/h5,7,12H,6H2,1-4H3,(H2,15,18). The van der Waals surface area contributed by atoms with Crippen LogP contribution >= 0.6 is 11.6 Å². The molecule has 2 N–H and O–H groups in total. The first-order valence-corrected chi connectivity index (χ1v) is 6.41. The van der Waals surface area contributed by atoms with Gasteiger partial charge in [0.15, 0.2) is 5.78 Å². The van der Waals surface area contributed by atoms with Crippen LogP contribution in [0.2, 0.25) is 0 Å². The number of nitrogens with zero attached hydrogens (tertiary/aromatic N) is 1. The van der Waals surface area contributed by atoms with E-state index in [0.717, 1.165) is 11.4 Å². The quantitative estimate of drug-likeness (QED) is 0.658. The van der Waals surface area contributed by atoms with Crippen LogP contribution in [0.4, 0.5) is 0 Å². The van der Waals surface area contributed by atoms with Crippen LogP contribution in [-0.4, -0.2) is 22.1 Å². The second kappa shape index (κ2) is 5.57. The molecule has 1 atom stereocenters. The number of nitrogens with two attached hydrogens (primary N) is 1. The molecule has 4 nitrogen and oxygen atoms in total. The number of primary amides is 1. The maximum absolute atomic E-state index is 11.7. The SMILES string of the molecule is Cc1cc(C(=O)CCl)c(C)n1C(C(N)=O)C(C)C. The van der Waals surface area contributed by atoms with E-state index in [9.17, 15) is 9.59 Å². The van der Waals surface area contributed by atoms with E-state index in [1.807, 2.05) is 32.3 Å². The van der Waals surface area contributed by atoms with E-state index in [2.05, 4.69) is 0 Å². The number of carbonyl (C=O) groups is 2. The lowest BCUT2D eigenvalue weighted by Gasteiger charge is -2.23. The number of ketones is 1. The van der Waals surface area contributed by atoms with Crippen molar-refractivity contribution in [3.8, 4) is 0 Å². The van der Waals surface area contributed by atoms with Crippen molar-refractivity contribution in [2.24, 2.45) is 11.7 Å². The number of aromatic nitrogens is 1. The fraction of sp³-hybridized carbons (Fsp3) is 0.538. The van der Waals surface area contributed by atoms with E-state index in [1.54, 1.807) is 6.07 Å². The lowest BCUT2D eigenvalue weighted by Crippen LogP contribution is -2.31. The Morgan fingerprint density at radius 2 is 1.94 bits per heavy atom. The van der Waals surface area contributed by atoms with Crippen molar-refractivity contribution >= 4 is 23.3 Å². The fourth-order valence-electron chi connectivity index (χ4n) is 2.31. The largest absolute Gasteiger partial charge is 0.368 e. The predicted molar refractivity (Wildman–Crippen MR) is 72.0 cm³/mol. The molecule has 1 aromatic rings. The molecule has 1 unspecified atom stereocenters. The minimum absolute atomic E-state index is 0.0613. The highest BCUT2D eigenvalue weighted by molar-refractivity contribution is 6.30. The molecule has 0 saturated carbocycles. The van der Waals surface area contributed by atoms with Crippen LogP contribution in [-0.2, 0) is 4.79 Å². The van der Waals surface area contributed by atoms with E-state index in [4.69, 9.17) is 17.3 Å². The molecule has 1 rings (SSSR count). The lowest BCUT2D eigenvalue weighted by molar-refractivity contribution is -0.122. The summed E-state index contributed by atoms with van der Waals surface area (Å²) in [5, 5.41) is 0. The van der Waals surface area contributed by atoms with Crippen LogP contribution in [0.3, 0.4) is 0 Å². The minimum atomic E-state index is -0.443. The van der Waals surface area contributed by atoms with Crippen molar-refractivity contribution in [3.05, 3.63) is 23.0 Å². The number of rotatable bonds is 5. The Balaban J connectivity index is 3.37. The van der Waals surface area contributed by atoms with Gasteiger partial charge in [0.05, 0.1) is 5.88 Å². The summed E-state index contributed by atoms with van der Waals surface area (Å²) in [7, 11) is 0. The van der Waals surface area contributed by atoms with Crippen molar-refractivity contribution in [3.63, 3.8) is 0 Å². The Morgan fingerprint density at radius 1 is 1.39 bits per heavy atom. The molecule has 1 heterocycles. The third kappa shape index (κ3) is 2.58. The number of halogens is 1. The van der Waals surface area contributed by atoms with E-state index < -0.39 is 11.9 Å². The van der Waals surface area contributed by atoms with Gasteiger partial charge in [-0.3, -0.25) is 9.59 Å². The molecule has 0 aliphatic heterocycles. The number of carbonyl (C=O) groups excluding carboxylic acids is 2. The summed E-state index contributed by atoms with van der Waals surface area (Å²) in [6.45, 7) is 7.52. The second-order valence-electron chi connectivity index (χ2n) is 4.80. The van der Waals surface area contributed by atoms with Gasteiger partial charge in [0, 0.05) is 17.0 Å². The highest BCUT2D eigenvalue weighted by Gasteiger charge is 2.26. The molecule has 1 amide bonds. The van der Waals surface area contributed by atoms with Crippen molar-refractivity contribution in [1.29, 1.82) is 0 Å². The number of aryl methyl sites for hydroxylation is 1. The summed E-state index contributed by atoms with van der Waals surface area (Å²) in [5.74, 6) is -0.529. The van der Waals surface area contributed by atoms with Gasteiger partial charge < -0.3 is 10.3 Å². The highest BCUT2D eigenvalue weighted by Crippen LogP contribution is 2.26. The number of amides is 1. The van der Waals surface area contributed by atoms with Gasteiger partial charge >= 0.3 is 0 Å². The summed E-state index contributed by atoms with van der Waals surface area (Å²) >= 11 is 5.57. The molecule has 18 heavy (non-hydrogen) atoms. The minimum Gasteiger partial charge on any atom is -0.368 e. The first-order valence-electron chi connectivity index (χ1n) is 5.88. The summed E-state index contributed by atoms with van der Waals surface area (Å²) in [4.78, 5) is 23.3. The van der Waals surface area contributed by atoms with Gasteiger partial charge in [-0.2, -0.15) is 0 Å². The molecule has 0 fully saturated rings. The zero-order chi connectivity index (χ0) is 14.0. The van der Waals surface area contributed by atoms with Crippen LogP contribution in [0.15, 0.2) is 6.07 Å². The molecule has 100 valence electrons. The molecular weight excluding hydrogens is 252 g/mol. The average molecular weight is 271 g/mol. The van der Waals surface area contributed by atoms with Gasteiger partial charge in [0.25, 0.3) is 0 Å². The van der Waals surface area contributed by atoms with Gasteiger partial charge in [-0.15, -0.1) is 11.6 Å². The zero-order valence-corrected chi connectivity index (χ0v) is 11.9. The molecule has 0 aromatic carbocycles. The van der Waals surface area contributed by atoms with Gasteiger partial charge in [-0.05, 0) is 25.8 Å². The Labute approximate surface area is 112 Å². The third-order valence-electron chi connectivity index (χ3n) is 3.11. The second-order valence-corrected chi connectivity index (χ2v) is 5.07. The molecule has 0 aliphatic rings. The van der Waals surface area contributed by atoms with Gasteiger partial charge in [0.2, 0.25) is 5.91 Å². The molecule has 0 saturated heterocycles. The summed E-state index contributed by atoms with van der Waals surface area (Å²) in [5.41, 5.74) is 7.61. The number of hydrogen-bond acceptors (Lipinski definition) is 2. The Kier molecular flexibility index (Phi) is 4.57. The van der Waals surface area contributed by atoms with E-state index in [-0.39, 0.29) is 17.6 Å². The smallest absolute Gasteiger partial charge is 0.240 e. The van der Waals surface area contributed by atoms with Crippen LogP contribution in [0.5, 0.6) is 0 Å². The highest BCUT2D eigenvalue weighted by atomic mass is 35.5. The molecule has 1 aromatic heterocycles. The fourth-order valence-corrected chi connectivity index (χ4v) is 2.46. The van der Waals surface area contributed by atoms with Gasteiger partial charge in [0.1, 0.15) is 6.04 Å². The van der Waals surface area contributed by atoms with Gasteiger partial charge in [-0.1, -0.05) is 13.8 Å². The van der Waals surface area contributed by atoms with Crippen LogP contribution < -0.4 is 5.73 Å².